The molecule has 1 aliphatic heterocycles. The Morgan fingerprint density at radius 1 is 1.16 bits per heavy atom. The molecule has 0 N–H and O–H groups in total. The fourth-order valence-corrected chi connectivity index (χ4v) is 3.76. The Morgan fingerprint density at radius 3 is 2.56 bits per heavy atom. The molecule has 0 spiro atoms. The monoisotopic (exact) mass is 381 g/mol. The average molecular weight is 382 g/mol. The van der Waals surface area contributed by atoms with Crippen LogP contribution in [0.4, 0.5) is 4.39 Å². The maximum absolute atomic E-state index is 13.9. The number of hydrogen-bond acceptors (Lipinski definition) is 4. The van der Waals surface area contributed by atoms with Gasteiger partial charge in [-0.3, -0.25) is 9.80 Å². The van der Waals surface area contributed by atoms with Crippen LogP contribution in [0.3, 0.4) is 0 Å². The molecule has 0 amide bonds. The topological polar surface area (TPSA) is 29.2 Å². The van der Waals surface area contributed by atoms with Crippen molar-refractivity contribution in [3.05, 3.63) is 45.7 Å². The Bertz CT molecular complexity index is 787. The van der Waals surface area contributed by atoms with E-state index in [1.165, 1.54) is 18.9 Å². The number of hydrogen-bond donors (Lipinski definition) is 0. The van der Waals surface area contributed by atoms with Gasteiger partial charge in [0.15, 0.2) is 4.77 Å². The molecular formula is C17H21ClFN5S. The van der Waals surface area contributed by atoms with Crippen molar-refractivity contribution < 1.29 is 4.39 Å². The molecular weight excluding hydrogens is 361 g/mol. The first-order valence-corrected chi connectivity index (χ1v) is 9.42. The minimum Gasteiger partial charge on any atom is -0.303 e. The summed E-state index contributed by atoms with van der Waals surface area (Å²) in [7, 11) is 0. The summed E-state index contributed by atoms with van der Waals surface area (Å²) < 4.78 is 18.8. The minimum absolute atomic E-state index is 0.230. The highest BCUT2D eigenvalue weighted by molar-refractivity contribution is 7.71. The Morgan fingerprint density at radius 2 is 1.88 bits per heavy atom. The van der Waals surface area contributed by atoms with Gasteiger partial charge < -0.3 is 4.57 Å². The van der Waals surface area contributed by atoms with Crippen molar-refractivity contribution >= 4 is 23.8 Å². The zero-order chi connectivity index (χ0) is 17.4. The third kappa shape index (κ3) is 3.79. The predicted molar refractivity (Wildman–Crippen MR) is 97.6 cm³/mol. The van der Waals surface area contributed by atoms with E-state index in [4.69, 9.17) is 23.8 Å². The van der Waals surface area contributed by atoms with Crippen LogP contribution in [-0.4, -0.2) is 50.3 Å². The van der Waals surface area contributed by atoms with Gasteiger partial charge in [0.25, 0.3) is 0 Å². The highest BCUT2D eigenvalue weighted by Gasteiger charge is 2.25. The Balaban J connectivity index is 1.33. The largest absolute Gasteiger partial charge is 0.303 e. The number of aromatic nitrogens is 3. The van der Waals surface area contributed by atoms with Gasteiger partial charge in [0.1, 0.15) is 12.1 Å². The first-order valence-electron chi connectivity index (χ1n) is 8.63. The molecule has 1 aliphatic carbocycles. The van der Waals surface area contributed by atoms with Crippen LogP contribution >= 0.6 is 23.8 Å². The summed E-state index contributed by atoms with van der Waals surface area (Å²) in [5.74, 6) is -0.230. The number of piperazine rings is 1. The maximum Gasteiger partial charge on any atom is 0.199 e. The first-order chi connectivity index (χ1) is 12.1. The smallest absolute Gasteiger partial charge is 0.199 e. The summed E-state index contributed by atoms with van der Waals surface area (Å²) in [5, 5.41) is 4.93. The van der Waals surface area contributed by atoms with Crippen LogP contribution in [0.1, 0.15) is 24.4 Å². The van der Waals surface area contributed by atoms with E-state index >= 15 is 0 Å². The SMILES string of the molecule is Fc1cccc(Cl)c1CN1CCN(Cn2ncn(C3CC3)c2=S)CC1. The normalized spacial score (nSPS) is 19.4. The van der Waals surface area contributed by atoms with Crippen molar-refractivity contribution in [2.45, 2.75) is 32.1 Å². The van der Waals surface area contributed by atoms with Crippen LogP contribution in [-0.2, 0) is 13.2 Å². The summed E-state index contributed by atoms with van der Waals surface area (Å²) >= 11 is 11.7. The van der Waals surface area contributed by atoms with Gasteiger partial charge in [-0.15, -0.1) is 0 Å². The van der Waals surface area contributed by atoms with E-state index in [-0.39, 0.29) is 5.82 Å². The number of halogens is 2. The molecule has 4 rings (SSSR count). The predicted octanol–water partition coefficient (Wildman–Crippen LogP) is 3.32. The molecule has 1 aromatic heterocycles. The summed E-state index contributed by atoms with van der Waals surface area (Å²) in [5.41, 5.74) is 0.586. The van der Waals surface area contributed by atoms with Crippen molar-refractivity contribution in [2.24, 2.45) is 0 Å². The minimum atomic E-state index is -0.230. The van der Waals surface area contributed by atoms with Crippen LogP contribution in [0.25, 0.3) is 0 Å². The second kappa shape index (κ2) is 7.15. The lowest BCUT2D eigenvalue weighted by Crippen LogP contribution is -2.46. The van der Waals surface area contributed by atoms with Crippen molar-refractivity contribution in [2.75, 3.05) is 26.2 Å². The highest BCUT2D eigenvalue weighted by atomic mass is 35.5. The summed E-state index contributed by atoms with van der Waals surface area (Å²) in [4.78, 5) is 4.57. The summed E-state index contributed by atoms with van der Waals surface area (Å²) in [6.45, 7) is 4.83. The first kappa shape index (κ1) is 17.1. The molecule has 1 saturated heterocycles. The van der Waals surface area contributed by atoms with E-state index in [0.29, 0.717) is 29.8 Å². The Kier molecular flexibility index (Phi) is 4.90. The molecule has 134 valence electrons. The average Bonchev–Trinajstić information content (AvgIpc) is 3.38. The summed E-state index contributed by atoms with van der Waals surface area (Å²) in [6.07, 6.45) is 4.27. The fourth-order valence-electron chi connectivity index (χ4n) is 3.24. The third-order valence-corrected chi connectivity index (χ3v) is 5.72. The number of rotatable bonds is 5. The Labute approximate surface area is 156 Å². The molecule has 2 aromatic rings. The van der Waals surface area contributed by atoms with Crippen molar-refractivity contribution in [1.29, 1.82) is 0 Å². The fraction of sp³-hybridized carbons (Fsp3) is 0.529. The molecule has 0 bridgehead atoms. The lowest BCUT2D eigenvalue weighted by molar-refractivity contribution is 0.0973. The van der Waals surface area contributed by atoms with E-state index in [1.54, 1.807) is 12.1 Å². The lowest BCUT2D eigenvalue weighted by Gasteiger charge is -2.34. The van der Waals surface area contributed by atoms with E-state index in [1.807, 2.05) is 11.0 Å². The zero-order valence-electron chi connectivity index (χ0n) is 13.9. The second-order valence-corrected chi connectivity index (χ2v) is 7.56. The molecule has 8 heteroatoms. The molecule has 0 radical (unpaired) electrons. The van der Waals surface area contributed by atoms with Crippen LogP contribution in [0.15, 0.2) is 24.5 Å². The van der Waals surface area contributed by atoms with Gasteiger partial charge in [-0.2, -0.15) is 5.10 Å². The lowest BCUT2D eigenvalue weighted by atomic mass is 10.2. The number of benzene rings is 1. The van der Waals surface area contributed by atoms with Gasteiger partial charge in [0, 0.05) is 49.4 Å². The van der Waals surface area contributed by atoms with E-state index < -0.39 is 0 Å². The van der Waals surface area contributed by atoms with Gasteiger partial charge in [-0.05, 0) is 37.2 Å². The Hall–Kier alpha value is -1.28. The molecule has 2 fully saturated rings. The van der Waals surface area contributed by atoms with Crippen LogP contribution in [0.2, 0.25) is 5.02 Å². The van der Waals surface area contributed by atoms with Crippen LogP contribution in [0.5, 0.6) is 0 Å². The molecule has 2 aliphatic rings. The van der Waals surface area contributed by atoms with Crippen molar-refractivity contribution in [3.63, 3.8) is 0 Å². The molecule has 0 unspecified atom stereocenters. The zero-order valence-corrected chi connectivity index (χ0v) is 15.5. The molecule has 2 heterocycles. The molecule has 1 saturated carbocycles. The maximum atomic E-state index is 13.9. The molecule has 5 nitrogen and oxygen atoms in total. The highest BCUT2D eigenvalue weighted by Crippen LogP contribution is 2.34. The van der Waals surface area contributed by atoms with Crippen LogP contribution in [0, 0.1) is 10.6 Å². The van der Waals surface area contributed by atoms with E-state index in [9.17, 15) is 4.39 Å². The quantitative estimate of drug-likeness (QED) is 0.743. The van der Waals surface area contributed by atoms with E-state index in [2.05, 4.69) is 19.5 Å². The second-order valence-electron chi connectivity index (χ2n) is 6.79. The van der Waals surface area contributed by atoms with Gasteiger partial charge >= 0.3 is 0 Å². The molecule has 0 atom stereocenters. The molecule has 1 aromatic carbocycles. The van der Waals surface area contributed by atoms with Crippen molar-refractivity contribution in [1.82, 2.24) is 24.1 Å². The molecule has 25 heavy (non-hydrogen) atoms. The van der Waals surface area contributed by atoms with Gasteiger partial charge in [0.05, 0.1) is 6.67 Å². The van der Waals surface area contributed by atoms with Gasteiger partial charge in [-0.25, -0.2) is 9.07 Å². The standard InChI is InChI=1S/C17H21ClFN5S/c18-15-2-1-3-16(19)14(15)10-21-6-8-22(9-7-21)12-24-17(25)23(11-20-24)13-4-5-13/h1-3,11,13H,4-10,12H2. The number of nitrogens with zero attached hydrogens (tertiary/aromatic N) is 5. The van der Waals surface area contributed by atoms with Gasteiger partial charge in [-0.1, -0.05) is 17.7 Å². The van der Waals surface area contributed by atoms with Gasteiger partial charge in [0.2, 0.25) is 0 Å². The van der Waals surface area contributed by atoms with Crippen LogP contribution < -0.4 is 0 Å². The van der Waals surface area contributed by atoms with E-state index in [0.717, 1.165) is 31.0 Å². The van der Waals surface area contributed by atoms with Crippen molar-refractivity contribution in [3.8, 4) is 0 Å². The third-order valence-electron chi connectivity index (χ3n) is 4.94. The summed E-state index contributed by atoms with van der Waals surface area (Å²) in [6, 6.07) is 5.41.